The highest BCUT2D eigenvalue weighted by Gasteiger charge is 2.16. The predicted molar refractivity (Wildman–Crippen MR) is 68.4 cm³/mol. The maximum absolute atomic E-state index is 10.8. The summed E-state index contributed by atoms with van der Waals surface area (Å²) in [6, 6.07) is 1.78. The smallest absolute Gasteiger partial charge is 0.337 e. The van der Waals surface area contributed by atoms with Crippen molar-refractivity contribution in [2.45, 2.75) is 33.2 Å². The first-order valence-corrected chi connectivity index (χ1v) is 5.76. The molecule has 1 heterocycles. The van der Waals surface area contributed by atoms with Gasteiger partial charge in [-0.3, -0.25) is 0 Å². The van der Waals surface area contributed by atoms with Crippen LogP contribution in [-0.4, -0.2) is 28.6 Å². The third-order valence-electron chi connectivity index (χ3n) is 2.88. The van der Waals surface area contributed by atoms with Crippen molar-refractivity contribution >= 4 is 17.5 Å². The molecule has 1 aromatic heterocycles. The summed E-state index contributed by atoms with van der Waals surface area (Å²) in [5, 5.41) is 8.84. The first kappa shape index (κ1) is 13.3. The molecule has 94 valence electrons. The van der Waals surface area contributed by atoms with Crippen molar-refractivity contribution in [3.63, 3.8) is 0 Å². The van der Waals surface area contributed by atoms with Crippen LogP contribution in [0.1, 0.15) is 37.6 Å². The van der Waals surface area contributed by atoms with E-state index in [9.17, 15) is 4.79 Å². The average molecular weight is 237 g/mol. The fraction of sp³-hybridized carbons (Fsp3) is 0.500. The minimum Gasteiger partial charge on any atom is -0.478 e. The third-order valence-corrected chi connectivity index (χ3v) is 2.88. The lowest BCUT2D eigenvalue weighted by molar-refractivity contribution is 0.0696. The molecule has 1 unspecified atom stereocenters. The summed E-state index contributed by atoms with van der Waals surface area (Å²) >= 11 is 0. The lowest BCUT2D eigenvalue weighted by Gasteiger charge is -2.29. The molecule has 0 aliphatic heterocycles. The molecule has 17 heavy (non-hydrogen) atoms. The predicted octanol–water partition coefficient (Wildman–Crippen LogP) is 1.99. The first-order valence-electron chi connectivity index (χ1n) is 5.76. The van der Waals surface area contributed by atoms with E-state index >= 15 is 0 Å². The van der Waals surface area contributed by atoms with Gasteiger partial charge in [-0.2, -0.15) is 0 Å². The fourth-order valence-electron chi connectivity index (χ4n) is 1.72. The van der Waals surface area contributed by atoms with Crippen molar-refractivity contribution in [1.82, 2.24) is 4.98 Å². The van der Waals surface area contributed by atoms with Gasteiger partial charge in [0.05, 0.1) is 11.3 Å². The molecule has 0 aliphatic carbocycles. The Morgan fingerprint density at radius 3 is 2.65 bits per heavy atom. The molecular weight excluding hydrogens is 218 g/mol. The number of aromatic nitrogens is 1. The monoisotopic (exact) mass is 237 g/mol. The van der Waals surface area contributed by atoms with Crippen LogP contribution in [-0.2, 0) is 0 Å². The van der Waals surface area contributed by atoms with Crippen molar-refractivity contribution in [1.29, 1.82) is 0 Å². The Kier molecular flexibility index (Phi) is 4.31. The topological polar surface area (TPSA) is 79.5 Å². The van der Waals surface area contributed by atoms with Crippen LogP contribution >= 0.6 is 0 Å². The van der Waals surface area contributed by atoms with Crippen LogP contribution in [0.4, 0.5) is 11.5 Å². The molecule has 1 atom stereocenters. The van der Waals surface area contributed by atoms with Gasteiger partial charge in [0.1, 0.15) is 0 Å². The highest BCUT2D eigenvalue weighted by atomic mass is 16.4. The van der Waals surface area contributed by atoms with Crippen LogP contribution in [0.25, 0.3) is 0 Å². The summed E-state index contributed by atoms with van der Waals surface area (Å²) in [5.41, 5.74) is 6.39. The third kappa shape index (κ3) is 2.87. The second-order valence-corrected chi connectivity index (χ2v) is 3.99. The normalized spacial score (nSPS) is 12.2. The Bertz CT molecular complexity index is 407. The number of carboxylic acids is 1. The summed E-state index contributed by atoms with van der Waals surface area (Å²) in [6.45, 7) is 7.00. The van der Waals surface area contributed by atoms with Gasteiger partial charge >= 0.3 is 5.97 Å². The van der Waals surface area contributed by atoms with Gasteiger partial charge in [0.25, 0.3) is 0 Å². The van der Waals surface area contributed by atoms with Gasteiger partial charge < -0.3 is 15.7 Å². The first-order chi connectivity index (χ1) is 8.01. The van der Waals surface area contributed by atoms with Crippen molar-refractivity contribution in [2.24, 2.45) is 0 Å². The van der Waals surface area contributed by atoms with Gasteiger partial charge in [-0.15, -0.1) is 0 Å². The van der Waals surface area contributed by atoms with E-state index in [1.54, 1.807) is 0 Å². The maximum atomic E-state index is 10.8. The van der Waals surface area contributed by atoms with E-state index in [-0.39, 0.29) is 5.56 Å². The molecule has 0 spiro atoms. The van der Waals surface area contributed by atoms with Gasteiger partial charge in [-0.25, -0.2) is 9.78 Å². The van der Waals surface area contributed by atoms with E-state index in [2.05, 4.69) is 23.7 Å². The van der Waals surface area contributed by atoms with E-state index in [1.807, 2.05) is 6.92 Å². The number of hydrogen-bond donors (Lipinski definition) is 2. The number of aromatic carboxylic acids is 1. The van der Waals surface area contributed by atoms with Gasteiger partial charge in [0, 0.05) is 18.8 Å². The number of nitrogen functional groups attached to an aromatic ring is 1. The Hall–Kier alpha value is -1.78. The van der Waals surface area contributed by atoms with Crippen LogP contribution in [0.15, 0.2) is 12.3 Å². The minimum atomic E-state index is -1.01. The highest BCUT2D eigenvalue weighted by molar-refractivity contribution is 5.89. The van der Waals surface area contributed by atoms with Crippen LogP contribution in [0, 0.1) is 0 Å². The molecule has 3 N–H and O–H groups in total. The number of carbonyl (C=O) groups is 1. The molecule has 0 saturated heterocycles. The van der Waals surface area contributed by atoms with Crippen LogP contribution in [0.3, 0.4) is 0 Å². The average Bonchev–Trinajstić information content (AvgIpc) is 2.31. The van der Waals surface area contributed by atoms with E-state index in [1.165, 1.54) is 12.3 Å². The molecule has 1 aromatic rings. The molecule has 5 heteroatoms. The largest absolute Gasteiger partial charge is 0.478 e. The maximum Gasteiger partial charge on any atom is 0.337 e. The molecule has 5 nitrogen and oxygen atoms in total. The zero-order chi connectivity index (χ0) is 13.0. The van der Waals surface area contributed by atoms with E-state index in [0.29, 0.717) is 17.5 Å². The summed E-state index contributed by atoms with van der Waals surface area (Å²) in [6.07, 6.45) is 2.33. The van der Waals surface area contributed by atoms with Crippen LogP contribution in [0.5, 0.6) is 0 Å². The molecule has 0 radical (unpaired) electrons. The van der Waals surface area contributed by atoms with E-state index in [4.69, 9.17) is 10.8 Å². The zero-order valence-corrected chi connectivity index (χ0v) is 10.5. The lowest BCUT2D eigenvalue weighted by Crippen LogP contribution is -2.33. The molecule has 1 rings (SSSR count). The van der Waals surface area contributed by atoms with Gasteiger partial charge in [0.2, 0.25) is 0 Å². The molecule has 0 saturated carbocycles. The number of carboxylic acid groups (broad SMARTS) is 1. The zero-order valence-electron chi connectivity index (χ0n) is 10.5. The molecule has 0 bridgehead atoms. The Labute approximate surface area is 101 Å². The lowest BCUT2D eigenvalue weighted by atomic mass is 10.2. The summed E-state index contributed by atoms with van der Waals surface area (Å²) < 4.78 is 0. The number of anilines is 2. The summed E-state index contributed by atoms with van der Waals surface area (Å²) in [4.78, 5) is 17.0. The minimum absolute atomic E-state index is 0.117. The van der Waals surface area contributed by atoms with Gasteiger partial charge in [0.15, 0.2) is 5.82 Å². The number of hydrogen-bond acceptors (Lipinski definition) is 4. The Morgan fingerprint density at radius 2 is 2.24 bits per heavy atom. The van der Waals surface area contributed by atoms with E-state index in [0.717, 1.165) is 13.0 Å². The van der Waals surface area contributed by atoms with Gasteiger partial charge in [-0.05, 0) is 26.3 Å². The van der Waals surface area contributed by atoms with Crippen LogP contribution in [0.2, 0.25) is 0 Å². The SMILES string of the molecule is CCC(C)N(CC)c1ncc(C(=O)O)cc1N. The highest BCUT2D eigenvalue weighted by Crippen LogP contribution is 2.23. The summed E-state index contributed by atoms with van der Waals surface area (Å²) in [5.74, 6) is -0.353. The van der Waals surface area contributed by atoms with Crippen LogP contribution < -0.4 is 10.6 Å². The fourth-order valence-corrected chi connectivity index (χ4v) is 1.72. The van der Waals surface area contributed by atoms with Crippen molar-refractivity contribution in [3.8, 4) is 0 Å². The standard InChI is InChI=1S/C12H19N3O2/c1-4-8(3)15(5-2)11-10(13)6-9(7-14-11)12(16)17/h6-8H,4-5,13H2,1-3H3,(H,16,17). The number of pyridine rings is 1. The number of nitrogens with zero attached hydrogens (tertiary/aromatic N) is 2. The second kappa shape index (κ2) is 5.52. The quantitative estimate of drug-likeness (QED) is 0.818. The number of rotatable bonds is 5. The molecular formula is C12H19N3O2. The summed E-state index contributed by atoms with van der Waals surface area (Å²) in [7, 11) is 0. The van der Waals surface area contributed by atoms with Crippen molar-refractivity contribution < 1.29 is 9.90 Å². The molecule has 0 aliphatic rings. The Morgan fingerprint density at radius 1 is 1.59 bits per heavy atom. The van der Waals surface area contributed by atoms with Gasteiger partial charge in [-0.1, -0.05) is 6.92 Å². The molecule has 0 aromatic carbocycles. The van der Waals surface area contributed by atoms with Crippen molar-refractivity contribution in [3.05, 3.63) is 17.8 Å². The Balaban J connectivity index is 3.09. The van der Waals surface area contributed by atoms with Crippen molar-refractivity contribution in [2.75, 3.05) is 17.2 Å². The van der Waals surface area contributed by atoms with E-state index < -0.39 is 5.97 Å². The molecule has 0 fully saturated rings. The number of nitrogens with two attached hydrogens (primary N) is 1. The molecule has 0 amide bonds. The second-order valence-electron chi connectivity index (χ2n) is 3.99.